The zero-order valence-corrected chi connectivity index (χ0v) is 14.4. The second kappa shape index (κ2) is 6.84. The Morgan fingerprint density at radius 2 is 1.96 bits per heavy atom. The number of hydrogen-bond acceptors (Lipinski definition) is 5. The Morgan fingerprint density at radius 3 is 2.72 bits per heavy atom. The molecular weight excluding hydrogens is 336 g/mol. The molecule has 5 heteroatoms. The molecule has 3 atom stereocenters. The highest BCUT2D eigenvalue weighted by Gasteiger charge is 2.41. The van der Waals surface area contributed by atoms with Gasteiger partial charge in [-0.15, -0.1) is 11.3 Å². The smallest absolute Gasteiger partial charge is 0.348 e. The fraction of sp³-hybridized carbons (Fsp3) is 0.300. The monoisotopic (exact) mass is 354 g/mol. The van der Waals surface area contributed by atoms with Crippen LogP contribution in [0.25, 0.3) is 5.57 Å². The van der Waals surface area contributed by atoms with Crippen LogP contribution in [0, 0.1) is 5.92 Å². The Balaban J connectivity index is 1.44. The molecule has 25 heavy (non-hydrogen) atoms. The first-order valence-corrected chi connectivity index (χ1v) is 9.30. The van der Waals surface area contributed by atoms with E-state index in [-0.39, 0.29) is 29.9 Å². The van der Waals surface area contributed by atoms with Gasteiger partial charge in [-0.1, -0.05) is 36.4 Å². The molecule has 1 aliphatic heterocycles. The molecule has 0 spiro atoms. The molecule has 1 aromatic heterocycles. The summed E-state index contributed by atoms with van der Waals surface area (Å²) in [6.45, 7) is 0. The molecule has 0 bridgehead atoms. The minimum atomic E-state index is -0.291. The van der Waals surface area contributed by atoms with Gasteiger partial charge in [0, 0.05) is 6.42 Å². The van der Waals surface area contributed by atoms with Crippen LogP contribution in [0.1, 0.15) is 34.5 Å². The molecule has 1 aliphatic carbocycles. The van der Waals surface area contributed by atoms with E-state index in [1.807, 2.05) is 41.8 Å². The van der Waals surface area contributed by atoms with Gasteiger partial charge in [0.2, 0.25) is 0 Å². The highest BCUT2D eigenvalue weighted by atomic mass is 32.1. The van der Waals surface area contributed by atoms with E-state index in [2.05, 4.69) is 0 Å². The predicted octanol–water partition coefficient (Wildman–Crippen LogP) is 4.08. The van der Waals surface area contributed by atoms with Crippen LogP contribution >= 0.6 is 11.3 Å². The molecule has 4 rings (SSSR count). The number of thiophene rings is 1. The van der Waals surface area contributed by atoms with Gasteiger partial charge in [0.25, 0.3) is 0 Å². The Labute approximate surface area is 150 Å². The first-order valence-electron chi connectivity index (χ1n) is 8.42. The minimum absolute atomic E-state index is 0.130. The number of carbonyl (C=O) groups excluding carboxylic acids is 2. The standard InChI is InChI=1S/C20H18O4S/c21-19-15-9-8-14(24-20(22)18-7-4-10-25-18)11-17(15)23-12-16(19)13-5-2-1-3-6-13/h1-7,10,12,14-15,17H,8-9,11H2. The summed E-state index contributed by atoms with van der Waals surface area (Å²) in [5.41, 5.74) is 1.52. The number of allylic oxidation sites excluding steroid dienone is 1. The van der Waals surface area contributed by atoms with Crippen molar-refractivity contribution < 1.29 is 19.1 Å². The zero-order chi connectivity index (χ0) is 17.2. The number of carbonyl (C=O) groups is 2. The molecule has 1 fully saturated rings. The highest BCUT2D eigenvalue weighted by Crippen LogP contribution is 2.37. The van der Waals surface area contributed by atoms with Gasteiger partial charge in [-0.25, -0.2) is 4.79 Å². The summed E-state index contributed by atoms with van der Waals surface area (Å²) in [6, 6.07) is 13.2. The quantitative estimate of drug-likeness (QED) is 0.779. The molecular formula is C20H18O4S. The van der Waals surface area contributed by atoms with Crippen LogP contribution in [-0.2, 0) is 14.3 Å². The van der Waals surface area contributed by atoms with E-state index in [1.165, 1.54) is 11.3 Å². The largest absolute Gasteiger partial charge is 0.496 e. The molecule has 4 nitrogen and oxygen atoms in total. The van der Waals surface area contributed by atoms with Crippen LogP contribution in [0.4, 0.5) is 0 Å². The highest BCUT2D eigenvalue weighted by molar-refractivity contribution is 7.11. The predicted molar refractivity (Wildman–Crippen MR) is 95.2 cm³/mol. The van der Waals surface area contributed by atoms with Crippen LogP contribution in [0.5, 0.6) is 0 Å². The summed E-state index contributed by atoms with van der Waals surface area (Å²) in [5.74, 6) is -0.316. The maximum absolute atomic E-state index is 12.8. The maximum Gasteiger partial charge on any atom is 0.348 e. The first kappa shape index (κ1) is 16.1. The van der Waals surface area contributed by atoms with Crippen molar-refractivity contribution in [3.05, 3.63) is 64.5 Å². The van der Waals surface area contributed by atoms with Crippen molar-refractivity contribution in [3.8, 4) is 0 Å². The second-order valence-electron chi connectivity index (χ2n) is 6.36. The van der Waals surface area contributed by atoms with Crippen LogP contribution in [-0.4, -0.2) is 24.0 Å². The minimum Gasteiger partial charge on any atom is -0.496 e. The molecule has 2 heterocycles. The van der Waals surface area contributed by atoms with E-state index in [0.29, 0.717) is 29.7 Å². The fourth-order valence-electron chi connectivity index (χ4n) is 3.50. The number of Topliss-reactive ketones (excluding diaryl/α,β-unsaturated/α-hetero) is 1. The number of rotatable bonds is 3. The molecule has 1 aromatic carbocycles. The third-order valence-electron chi connectivity index (χ3n) is 4.79. The zero-order valence-electron chi connectivity index (χ0n) is 13.6. The maximum atomic E-state index is 12.8. The second-order valence-corrected chi connectivity index (χ2v) is 7.31. The number of hydrogen-bond donors (Lipinski definition) is 0. The van der Waals surface area contributed by atoms with E-state index in [9.17, 15) is 9.59 Å². The van der Waals surface area contributed by atoms with E-state index < -0.39 is 0 Å². The molecule has 0 N–H and O–H groups in total. The van der Waals surface area contributed by atoms with Gasteiger partial charge < -0.3 is 9.47 Å². The first-order chi connectivity index (χ1) is 12.2. The summed E-state index contributed by atoms with van der Waals surface area (Å²) in [5, 5.41) is 1.85. The van der Waals surface area contributed by atoms with Gasteiger partial charge >= 0.3 is 5.97 Å². The third kappa shape index (κ3) is 3.24. The lowest BCUT2D eigenvalue weighted by molar-refractivity contribution is -0.126. The molecule has 3 unspecified atom stereocenters. The topological polar surface area (TPSA) is 52.6 Å². The van der Waals surface area contributed by atoms with Crippen molar-refractivity contribution in [2.45, 2.75) is 31.5 Å². The summed E-state index contributed by atoms with van der Waals surface area (Å²) in [4.78, 5) is 25.5. The van der Waals surface area contributed by atoms with Gasteiger partial charge in [0.05, 0.1) is 17.8 Å². The van der Waals surface area contributed by atoms with Gasteiger partial charge in [-0.2, -0.15) is 0 Å². The fourth-order valence-corrected chi connectivity index (χ4v) is 4.10. The van der Waals surface area contributed by atoms with Crippen LogP contribution in [0.3, 0.4) is 0 Å². The molecule has 2 aliphatic rings. The Morgan fingerprint density at radius 1 is 1.12 bits per heavy atom. The number of fused-ring (bicyclic) bond motifs is 1. The Kier molecular flexibility index (Phi) is 4.40. The van der Waals surface area contributed by atoms with Crippen molar-refractivity contribution >= 4 is 28.7 Å². The van der Waals surface area contributed by atoms with E-state index >= 15 is 0 Å². The SMILES string of the molecule is O=C(OC1CCC2C(=O)C(c3ccccc3)=COC2C1)c1cccs1. The van der Waals surface area contributed by atoms with E-state index in [0.717, 1.165) is 5.56 Å². The van der Waals surface area contributed by atoms with Crippen LogP contribution in [0.15, 0.2) is 54.1 Å². The molecule has 128 valence electrons. The average molecular weight is 354 g/mol. The average Bonchev–Trinajstić information content (AvgIpc) is 3.18. The Hall–Kier alpha value is -2.40. The van der Waals surface area contributed by atoms with Gasteiger partial charge in [-0.3, -0.25) is 4.79 Å². The molecule has 1 saturated carbocycles. The van der Waals surface area contributed by atoms with Crippen LogP contribution in [0.2, 0.25) is 0 Å². The summed E-state index contributed by atoms with van der Waals surface area (Å²) >= 11 is 1.37. The summed E-state index contributed by atoms with van der Waals surface area (Å²) in [6.07, 6.45) is 3.09. The lowest BCUT2D eigenvalue weighted by Crippen LogP contribution is -2.41. The van der Waals surface area contributed by atoms with E-state index in [1.54, 1.807) is 12.3 Å². The van der Waals surface area contributed by atoms with Crippen molar-refractivity contribution in [2.75, 3.05) is 0 Å². The van der Waals surface area contributed by atoms with Crippen molar-refractivity contribution in [2.24, 2.45) is 5.92 Å². The molecule has 2 aromatic rings. The van der Waals surface area contributed by atoms with Gasteiger partial charge in [0.15, 0.2) is 5.78 Å². The summed E-state index contributed by atoms with van der Waals surface area (Å²) in [7, 11) is 0. The number of benzene rings is 1. The van der Waals surface area contributed by atoms with E-state index in [4.69, 9.17) is 9.47 Å². The number of esters is 1. The number of ketones is 1. The third-order valence-corrected chi connectivity index (χ3v) is 5.64. The summed E-state index contributed by atoms with van der Waals surface area (Å²) < 4.78 is 11.4. The van der Waals surface area contributed by atoms with Crippen LogP contribution < -0.4 is 0 Å². The lowest BCUT2D eigenvalue weighted by Gasteiger charge is -2.37. The van der Waals surface area contributed by atoms with Gasteiger partial charge in [-0.05, 0) is 29.9 Å². The molecule has 0 saturated heterocycles. The van der Waals surface area contributed by atoms with Crippen molar-refractivity contribution in [1.29, 1.82) is 0 Å². The van der Waals surface area contributed by atoms with Crippen molar-refractivity contribution in [1.82, 2.24) is 0 Å². The Bertz CT molecular complexity index is 794. The normalized spacial score (nSPS) is 25.5. The van der Waals surface area contributed by atoms with Crippen molar-refractivity contribution in [3.63, 3.8) is 0 Å². The lowest BCUT2D eigenvalue weighted by atomic mass is 9.78. The van der Waals surface area contributed by atoms with Gasteiger partial charge in [0.1, 0.15) is 17.1 Å². The molecule has 0 amide bonds. The number of ether oxygens (including phenoxy) is 2. The molecule has 0 radical (unpaired) electrons.